The highest BCUT2D eigenvalue weighted by Gasteiger charge is 2.13. The summed E-state index contributed by atoms with van der Waals surface area (Å²) >= 11 is 0. The Morgan fingerprint density at radius 2 is 1.75 bits per heavy atom. The highest BCUT2D eigenvalue weighted by atomic mass is 28.3. The highest BCUT2D eigenvalue weighted by Crippen LogP contribution is 2.29. The molecule has 0 heterocycles. The van der Waals surface area contributed by atoms with E-state index in [2.05, 4.69) is 13.1 Å². The fraction of sp³-hybridized carbons (Fsp3) is 1.00. The fourth-order valence-electron chi connectivity index (χ4n) is 2.28. The van der Waals surface area contributed by atoms with E-state index in [4.69, 9.17) is 0 Å². The molecule has 1 fully saturated rings. The molecule has 0 bridgehead atoms. The van der Waals surface area contributed by atoms with E-state index in [0.29, 0.717) is 0 Å². The van der Waals surface area contributed by atoms with Crippen molar-refractivity contribution in [3.05, 3.63) is 0 Å². The Morgan fingerprint density at radius 3 is 2.33 bits per heavy atom. The Labute approximate surface area is 79.4 Å². The topological polar surface area (TPSA) is 0 Å². The lowest BCUT2D eigenvalue weighted by Gasteiger charge is -2.08. The van der Waals surface area contributed by atoms with Crippen LogP contribution in [-0.4, -0.2) is 8.80 Å². The Balaban J connectivity index is 1.88. The van der Waals surface area contributed by atoms with Crippen molar-refractivity contribution in [2.24, 2.45) is 5.92 Å². The third kappa shape index (κ3) is 4.29. The Kier molecular flexibility index (Phi) is 4.97. The van der Waals surface area contributed by atoms with Crippen LogP contribution in [0.1, 0.15) is 44.9 Å². The minimum atomic E-state index is -0.236. The summed E-state index contributed by atoms with van der Waals surface area (Å²) in [6.45, 7) is 4.94. The van der Waals surface area contributed by atoms with Crippen LogP contribution in [0.2, 0.25) is 19.1 Å². The molecule has 0 aromatic carbocycles. The summed E-state index contributed by atoms with van der Waals surface area (Å²) in [5.74, 6) is 1.12. The zero-order chi connectivity index (χ0) is 8.81. The predicted molar refractivity (Wildman–Crippen MR) is 59.5 cm³/mol. The number of hydrogen-bond acceptors (Lipinski definition) is 0. The van der Waals surface area contributed by atoms with Crippen LogP contribution in [0.15, 0.2) is 0 Å². The van der Waals surface area contributed by atoms with Gasteiger partial charge < -0.3 is 0 Å². The Hall–Kier alpha value is 0.217. The van der Waals surface area contributed by atoms with Crippen LogP contribution in [0.3, 0.4) is 0 Å². The van der Waals surface area contributed by atoms with E-state index < -0.39 is 0 Å². The first-order valence-electron chi connectivity index (χ1n) is 5.79. The molecule has 0 spiro atoms. The second kappa shape index (κ2) is 5.79. The van der Waals surface area contributed by atoms with Crippen molar-refractivity contribution in [2.45, 2.75) is 64.1 Å². The van der Waals surface area contributed by atoms with Crippen molar-refractivity contribution >= 4 is 8.80 Å². The van der Waals surface area contributed by atoms with Crippen LogP contribution >= 0.6 is 0 Å². The third-order valence-electron chi connectivity index (χ3n) is 3.12. The molecule has 0 N–H and O–H groups in total. The van der Waals surface area contributed by atoms with Crippen molar-refractivity contribution in [3.63, 3.8) is 0 Å². The minimum Gasteiger partial charge on any atom is -0.0722 e. The summed E-state index contributed by atoms with van der Waals surface area (Å²) in [4.78, 5) is 0. The summed E-state index contributed by atoms with van der Waals surface area (Å²) in [7, 11) is -0.236. The molecular formula is C11H24Si. The van der Waals surface area contributed by atoms with Gasteiger partial charge in [0, 0.05) is 8.80 Å². The van der Waals surface area contributed by atoms with E-state index >= 15 is 0 Å². The van der Waals surface area contributed by atoms with Crippen LogP contribution in [0.25, 0.3) is 0 Å². The van der Waals surface area contributed by atoms with Gasteiger partial charge in [0.25, 0.3) is 0 Å². The lowest BCUT2D eigenvalue weighted by molar-refractivity contribution is 0.480. The summed E-state index contributed by atoms with van der Waals surface area (Å²) in [6.07, 6.45) is 10.7. The van der Waals surface area contributed by atoms with Crippen molar-refractivity contribution < 1.29 is 0 Å². The smallest absolute Gasteiger partial charge is 0.0305 e. The largest absolute Gasteiger partial charge is 0.0722 e. The van der Waals surface area contributed by atoms with E-state index in [1.54, 1.807) is 25.3 Å². The van der Waals surface area contributed by atoms with Gasteiger partial charge in [-0.05, 0) is 5.92 Å². The lowest BCUT2D eigenvalue weighted by Crippen LogP contribution is -1.99. The summed E-state index contributed by atoms with van der Waals surface area (Å²) in [6, 6.07) is 1.58. The van der Waals surface area contributed by atoms with Crippen LogP contribution in [0.4, 0.5) is 0 Å². The molecule has 0 atom stereocenters. The fourth-order valence-corrected chi connectivity index (χ4v) is 3.39. The molecule has 0 unspecified atom stereocenters. The minimum absolute atomic E-state index is 0.236. The van der Waals surface area contributed by atoms with Gasteiger partial charge in [-0.15, -0.1) is 0 Å². The molecular weight excluding hydrogens is 160 g/mol. The van der Waals surface area contributed by atoms with Gasteiger partial charge in [-0.1, -0.05) is 64.1 Å². The van der Waals surface area contributed by atoms with Gasteiger partial charge in [0.15, 0.2) is 0 Å². The maximum Gasteiger partial charge on any atom is 0.0305 e. The molecule has 0 radical (unpaired) electrons. The molecule has 1 aliphatic carbocycles. The first-order valence-corrected chi connectivity index (χ1v) is 8.91. The average molecular weight is 184 g/mol. The highest BCUT2D eigenvalue weighted by molar-refractivity contribution is 6.55. The Bertz CT molecular complexity index is 104. The SMILES string of the molecule is C[SiH](C)CCCCC1CCCC1. The first-order chi connectivity index (χ1) is 5.79. The average Bonchev–Trinajstić information content (AvgIpc) is 2.49. The second-order valence-electron chi connectivity index (χ2n) is 4.83. The van der Waals surface area contributed by atoms with E-state index in [9.17, 15) is 0 Å². The molecule has 12 heavy (non-hydrogen) atoms. The molecule has 0 nitrogen and oxygen atoms in total. The molecule has 0 aromatic heterocycles. The van der Waals surface area contributed by atoms with Crippen LogP contribution in [0.5, 0.6) is 0 Å². The Morgan fingerprint density at radius 1 is 1.08 bits per heavy atom. The number of rotatable bonds is 5. The molecule has 0 saturated heterocycles. The molecule has 1 heteroatoms. The third-order valence-corrected chi connectivity index (χ3v) is 4.68. The van der Waals surface area contributed by atoms with Crippen LogP contribution in [-0.2, 0) is 0 Å². The molecule has 72 valence electrons. The monoisotopic (exact) mass is 184 g/mol. The zero-order valence-electron chi connectivity index (χ0n) is 8.81. The van der Waals surface area contributed by atoms with Gasteiger partial charge in [-0.25, -0.2) is 0 Å². The normalized spacial score (nSPS) is 19.2. The van der Waals surface area contributed by atoms with Crippen molar-refractivity contribution in [1.29, 1.82) is 0 Å². The van der Waals surface area contributed by atoms with E-state index in [1.807, 2.05) is 0 Å². The quantitative estimate of drug-likeness (QED) is 0.450. The van der Waals surface area contributed by atoms with Gasteiger partial charge in [0.1, 0.15) is 0 Å². The first kappa shape index (κ1) is 10.3. The maximum absolute atomic E-state index is 2.47. The van der Waals surface area contributed by atoms with Gasteiger partial charge in [0.2, 0.25) is 0 Å². The molecule has 0 amide bonds. The summed E-state index contributed by atoms with van der Waals surface area (Å²) in [5.41, 5.74) is 0. The molecule has 0 aliphatic heterocycles. The molecule has 0 aromatic rings. The number of unbranched alkanes of at least 4 members (excludes halogenated alkanes) is 1. The molecule has 1 saturated carbocycles. The van der Waals surface area contributed by atoms with Gasteiger partial charge in [-0.3, -0.25) is 0 Å². The maximum atomic E-state index is 2.47. The van der Waals surface area contributed by atoms with Gasteiger partial charge in [0.05, 0.1) is 0 Å². The molecule has 1 aliphatic rings. The predicted octanol–water partition coefficient (Wildman–Crippen LogP) is 3.83. The van der Waals surface area contributed by atoms with Gasteiger partial charge >= 0.3 is 0 Å². The van der Waals surface area contributed by atoms with E-state index in [0.717, 1.165) is 5.92 Å². The van der Waals surface area contributed by atoms with E-state index in [1.165, 1.54) is 25.7 Å². The number of hydrogen-bond donors (Lipinski definition) is 0. The zero-order valence-corrected chi connectivity index (χ0v) is 9.97. The van der Waals surface area contributed by atoms with Gasteiger partial charge in [-0.2, -0.15) is 0 Å². The van der Waals surface area contributed by atoms with E-state index in [-0.39, 0.29) is 8.80 Å². The molecule has 1 rings (SSSR count). The standard InChI is InChI=1S/C11H24Si/c1-12(2)10-6-5-9-11-7-3-4-8-11/h11-12H,3-10H2,1-2H3. The summed E-state index contributed by atoms with van der Waals surface area (Å²) in [5, 5.41) is 0. The van der Waals surface area contributed by atoms with Crippen molar-refractivity contribution in [1.82, 2.24) is 0 Å². The van der Waals surface area contributed by atoms with Crippen LogP contribution in [0, 0.1) is 5.92 Å². The summed E-state index contributed by atoms with van der Waals surface area (Å²) < 4.78 is 0. The second-order valence-corrected chi connectivity index (χ2v) is 8.19. The van der Waals surface area contributed by atoms with Crippen molar-refractivity contribution in [2.75, 3.05) is 0 Å². The lowest BCUT2D eigenvalue weighted by atomic mass is 10.0. The van der Waals surface area contributed by atoms with Crippen LogP contribution < -0.4 is 0 Å². The van der Waals surface area contributed by atoms with Crippen molar-refractivity contribution in [3.8, 4) is 0 Å².